The molecule has 1 amide bonds. The minimum Gasteiger partial charge on any atom is -0.397 e. The zero-order chi connectivity index (χ0) is 14.7. The summed E-state index contributed by atoms with van der Waals surface area (Å²) in [7, 11) is 0. The van der Waals surface area contributed by atoms with Crippen molar-refractivity contribution in [3.8, 4) is 0 Å². The summed E-state index contributed by atoms with van der Waals surface area (Å²) in [4.78, 5) is 14.2. The molecule has 1 aromatic carbocycles. The largest absolute Gasteiger partial charge is 0.397 e. The van der Waals surface area contributed by atoms with Gasteiger partial charge in [-0.3, -0.25) is 4.79 Å². The third-order valence-corrected chi connectivity index (χ3v) is 4.31. The average Bonchev–Trinajstić information content (AvgIpc) is 2.42. The number of benzene rings is 1. The summed E-state index contributed by atoms with van der Waals surface area (Å²) in [5, 5.41) is 2.80. The standard InChI is InChI=1S/C16H25N3O/c1-4-18-16(20)13-7-8-15(14(17)10-13)19-9-5-6-11(2)12(19)3/h7-8,10-12H,4-6,9,17H2,1-3H3,(H,18,20). The molecule has 1 aliphatic rings. The highest BCUT2D eigenvalue weighted by Crippen LogP contribution is 2.32. The Morgan fingerprint density at radius 2 is 2.20 bits per heavy atom. The first-order valence-corrected chi connectivity index (χ1v) is 7.49. The van der Waals surface area contributed by atoms with Gasteiger partial charge in [0.1, 0.15) is 0 Å². The van der Waals surface area contributed by atoms with Crippen molar-refractivity contribution in [2.75, 3.05) is 23.7 Å². The molecule has 0 aromatic heterocycles. The number of nitrogen functional groups attached to an aromatic ring is 1. The Hall–Kier alpha value is -1.71. The van der Waals surface area contributed by atoms with E-state index < -0.39 is 0 Å². The summed E-state index contributed by atoms with van der Waals surface area (Å²) in [6, 6.07) is 6.12. The normalized spacial score (nSPS) is 22.6. The zero-order valence-electron chi connectivity index (χ0n) is 12.6. The van der Waals surface area contributed by atoms with Gasteiger partial charge in [0, 0.05) is 24.7 Å². The van der Waals surface area contributed by atoms with Crippen molar-refractivity contribution in [2.24, 2.45) is 5.92 Å². The molecule has 1 saturated heterocycles. The first kappa shape index (κ1) is 14.7. The summed E-state index contributed by atoms with van der Waals surface area (Å²) in [6.07, 6.45) is 2.47. The number of nitrogens with zero attached hydrogens (tertiary/aromatic N) is 1. The van der Waals surface area contributed by atoms with Crippen molar-refractivity contribution in [1.82, 2.24) is 5.32 Å². The maximum atomic E-state index is 11.8. The summed E-state index contributed by atoms with van der Waals surface area (Å²) in [5.41, 5.74) is 8.54. The van der Waals surface area contributed by atoms with E-state index >= 15 is 0 Å². The van der Waals surface area contributed by atoms with Gasteiger partial charge in [-0.15, -0.1) is 0 Å². The molecule has 0 aliphatic carbocycles. The fourth-order valence-corrected chi connectivity index (χ4v) is 2.90. The van der Waals surface area contributed by atoms with Gasteiger partial charge in [0.15, 0.2) is 0 Å². The minimum absolute atomic E-state index is 0.0641. The lowest BCUT2D eigenvalue weighted by Crippen LogP contribution is -2.42. The Bertz CT molecular complexity index is 487. The van der Waals surface area contributed by atoms with Gasteiger partial charge in [-0.2, -0.15) is 0 Å². The monoisotopic (exact) mass is 275 g/mol. The summed E-state index contributed by atoms with van der Waals surface area (Å²) in [6.45, 7) is 8.11. The minimum atomic E-state index is -0.0641. The maximum Gasteiger partial charge on any atom is 0.251 e. The molecule has 4 nitrogen and oxygen atoms in total. The molecule has 1 fully saturated rings. The quantitative estimate of drug-likeness (QED) is 0.834. The third-order valence-electron chi connectivity index (χ3n) is 4.31. The van der Waals surface area contributed by atoms with Crippen LogP contribution in [0.3, 0.4) is 0 Å². The molecule has 1 aliphatic heterocycles. The summed E-state index contributed by atoms with van der Waals surface area (Å²) in [5.74, 6) is 0.608. The van der Waals surface area contributed by atoms with Gasteiger partial charge in [0.2, 0.25) is 0 Å². The van der Waals surface area contributed by atoms with E-state index in [1.165, 1.54) is 12.8 Å². The number of nitrogens with one attached hydrogen (secondary N) is 1. The van der Waals surface area contributed by atoms with Crippen molar-refractivity contribution >= 4 is 17.3 Å². The lowest BCUT2D eigenvalue weighted by molar-refractivity contribution is 0.0956. The van der Waals surface area contributed by atoms with Crippen LogP contribution in [-0.4, -0.2) is 25.0 Å². The van der Waals surface area contributed by atoms with Crippen LogP contribution in [0.4, 0.5) is 11.4 Å². The van der Waals surface area contributed by atoms with E-state index in [9.17, 15) is 4.79 Å². The van der Waals surface area contributed by atoms with Crippen LogP contribution in [0.5, 0.6) is 0 Å². The molecule has 4 heteroatoms. The molecule has 1 aromatic rings. The van der Waals surface area contributed by atoms with E-state index in [-0.39, 0.29) is 5.91 Å². The summed E-state index contributed by atoms with van der Waals surface area (Å²) < 4.78 is 0. The van der Waals surface area contributed by atoms with E-state index in [2.05, 4.69) is 24.1 Å². The van der Waals surface area contributed by atoms with Crippen molar-refractivity contribution in [3.05, 3.63) is 23.8 Å². The SMILES string of the molecule is CCNC(=O)c1ccc(N2CCCC(C)C2C)c(N)c1. The number of hydrogen-bond donors (Lipinski definition) is 2. The second kappa shape index (κ2) is 6.16. The number of amides is 1. The molecule has 0 bridgehead atoms. The van der Waals surface area contributed by atoms with Gasteiger partial charge >= 0.3 is 0 Å². The molecular weight excluding hydrogens is 250 g/mol. The van der Waals surface area contributed by atoms with Gasteiger partial charge in [0.05, 0.1) is 11.4 Å². The first-order chi connectivity index (χ1) is 9.54. The zero-order valence-corrected chi connectivity index (χ0v) is 12.6. The molecule has 20 heavy (non-hydrogen) atoms. The number of hydrogen-bond acceptors (Lipinski definition) is 3. The highest BCUT2D eigenvalue weighted by Gasteiger charge is 2.26. The van der Waals surface area contributed by atoms with Gasteiger partial charge < -0.3 is 16.0 Å². The highest BCUT2D eigenvalue weighted by atomic mass is 16.1. The van der Waals surface area contributed by atoms with Crippen LogP contribution in [0.1, 0.15) is 44.0 Å². The fraction of sp³-hybridized carbons (Fsp3) is 0.562. The highest BCUT2D eigenvalue weighted by molar-refractivity contribution is 5.96. The molecule has 0 radical (unpaired) electrons. The molecule has 0 spiro atoms. The Morgan fingerprint density at radius 1 is 1.45 bits per heavy atom. The van der Waals surface area contributed by atoms with Gasteiger partial charge in [-0.1, -0.05) is 6.92 Å². The number of piperidine rings is 1. The lowest BCUT2D eigenvalue weighted by Gasteiger charge is -2.40. The van der Waals surface area contributed by atoms with Crippen LogP contribution in [-0.2, 0) is 0 Å². The second-order valence-electron chi connectivity index (χ2n) is 5.69. The predicted octanol–water partition coefficient (Wildman–Crippen LogP) is 2.64. The molecule has 2 atom stereocenters. The molecule has 2 rings (SSSR count). The average molecular weight is 275 g/mol. The van der Waals surface area contributed by atoms with E-state index in [4.69, 9.17) is 5.73 Å². The van der Waals surface area contributed by atoms with Crippen molar-refractivity contribution in [3.63, 3.8) is 0 Å². The van der Waals surface area contributed by atoms with E-state index in [1.54, 1.807) is 6.07 Å². The lowest BCUT2D eigenvalue weighted by atomic mass is 9.91. The molecular formula is C16H25N3O. The fourth-order valence-electron chi connectivity index (χ4n) is 2.90. The van der Waals surface area contributed by atoms with Crippen LogP contribution in [0.25, 0.3) is 0 Å². The van der Waals surface area contributed by atoms with Gasteiger partial charge in [0.25, 0.3) is 5.91 Å². The third kappa shape index (κ3) is 2.89. The van der Waals surface area contributed by atoms with Crippen LogP contribution < -0.4 is 16.0 Å². The van der Waals surface area contributed by atoms with E-state index in [0.717, 1.165) is 12.2 Å². The van der Waals surface area contributed by atoms with Crippen LogP contribution in [0, 0.1) is 5.92 Å². The second-order valence-corrected chi connectivity index (χ2v) is 5.69. The van der Waals surface area contributed by atoms with Crippen molar-refractivity contribution < 1.29 is 4.79 Å². The van der Waals surface area contributed by atoms with Gasteiger partial charge in [-0.05, 0) is 50.8 Å². The van der Waals surface area contributed by atoms with E-state index in [1.807, 2.05) is 19.1 Å². The van der Waals surface area contributed by atoms with Crippen LogP contribution in [0.15, 0.2) is 18.2 Å². The molecule has 0 saturated carbocycles. The Labute approximate surface area is 121 Å². The smallest absolute Gasteiger partial charge is 0.251 e. The number of anilines is 2. The number of rotatable bonds is 3. The molecule has 2 unspecified atom stereocenters. The Morgan fingerprint density at radius 3 is 2.85 bits per heavy atom. The first-order valence-electron chi connectivity index (χ1n) is 7.49. The van der Waals surface area contributed by atoms with Crippen molar-refractivity contribution in [1.29, 1.82) is 0 Å². The van der Waals surface area contributed by atoms with Gasteiger partial charge in [-0.25, -0.2) is 0 Å². The number of carbonyl (C=O) groups is 1. The number of nitrogens with two attached hydrogens (primary N) is 1. The van der Waals surface area contributed by atoms with Crippen LogP contribution >= 0.6 is 0 Å². The molecule has 3 N–H and O–H groups in total. The predicted molar refractivity (Wildman–Crippen MR) is 84.1 cm³/mol. The number of carbonyl (C=O) groups excluding carboxylic acids is 1. The molecule has 110 valence electrons. The van der Waals surface area contributed by atoms with Crippen LogP contribution in [0.2, 0.25) is 0 Å². The van der Waals surface area contributed by atoms with Crippen molar-refractivity contribution in [2.45, 2.75) is 39.7 Å². The Balaban J connectivity index is 2.23. The molecule has 1 heterocycles. The Kier molecular flexibility index (Phi) is 4.53. The maximum absolute atomic E-state index is 11.8. The topological polar surface area (TPSA) is 58.4 Å². The van der Waals surface area contributed by atoms with E-state index in [0.29, 0.717) is 29.8 Å². The summed E-state index contributed by atoms with van der Waals surface area (Å²) >= 11 is 0.